The third kappa shape index (κ3) is 3.96. The molecule has 0 aliphatic heterocycles. The van der Waals surface area contributed by atoms with E-state index in [-0.39, 0.29) is 21.5 Å². The molecule has 0 radical (unpaired) electrons. The zero-order valence-electron chi connectivity index (χ0n) is 10.9. The summed E-state index contributed by atoms with van der Waals surface area (Å²) in [6, 6.07) is 3.60. The standard InChI is InChI=1S/C12H14FN3O3S2/c13-8-2-1-3-9(11(8)12(14)20)21(18,19)15-6-10(17)16-7-4-5-7/h1-3,7,15H,4-6H2,(H2,14,20)(H,16,17). The van der Waals surface area contributed by atoms with Gasteiger partial charge in [0, 0.05) is 6.04 Å². The minimum absolute atomic E-state index is 0.128. The van der Waals surface area contributed by atoms with Crippen LogP contribution in [0, 0.1) is 5.82 Å². The number of halogens is 1. The zero-order valence-corrected chi connectivity index (χ0v) is 12.6. The number of nitrogens with two attached hydrogens (primary N) is 1. The summed E-state index contributed by atoms with van der Waals surface area (Å²) in [5.74, 6) is -1.26. The van der Waals surface area contributed by atoms with E-state index in [0.717, 1.165) is 18.9 Å². The van der Waals surface area contributed by atoms with Crippen LogP contribution in [0.1, 0.15) is 18.4 Å². The monoisotopic (exact) mass is 331 g/mol. The summed E-state index contributed by atoms with van der Waals surface area (Å²) < 4.78 is 40.1. The molecule has 0 bridgehead atoms. The fourth-order valence-corrected chi connectivity index (χ4v) is 3.19. The molecule has 1 aromatic rings. The number of carbonyl (C=O) groups excluding carboxylic acids is 1. The van der Waals surface area contributed by atoms with E-state index in [0.29, 0.717) is 0 Å². The van der Waals surface area contributed by atoms with Gasteiger partial charge in [-0.3, -0.25) is 4.79 Å². The average molecular weight is 331 g/mol. The van der Waals surface area contributed by atoms with E-state index in [1.807, 2.05) is 0 Å². The van der Waals surface area contributed by atoms with Crippen molar-refractivity contribution < 1.29 is 17.6 Å². The van der Waals surface area contributed by atoms with Gasteiger partial charge in [0.1, 0.15) is 10.8 Å². The Labute approximate surface area is 127 Å². The van der Waals surface area contributed by atoms with E-state index >= 15 is 0 Å². The summed E-state index contributed by atoms with van der Waals surface area (Å²) in [6.45, 7) is -0.424. The highest BCUT2D eigenvalue weighted by molar-refractivity contribution is 7.89. The lowest BCUT2D eigenvalue weighted by Crippen LogP contribution is -2.38. The van der Waals surface area contributed by atoms with Crippen LogP contribution in [0.5, 0.6) is 0 Å². The first-order chi connectivity index (χ1) is 9.81. The molecule has 2 rings (SSSR count). The number of hydrogen-bond acceptors (Lipinski definition) is 4. The Morgan fingerprint density at radius 1 is 1.43 bits per heavy atom. The number of rotatable bonds is 6. The molecule has 0 saturated heterocycles. The lowest BCUT2D eigenvalue weighted by Gasteiger charge is -2.11. The highest BCUT2D eigenvalue weighted by Gasteiger charge is 2.26. The quantitative estimate of drug-likeness (QED) is 0.638. The number of carbonyl (C=O) groups is 1. The van der Waals surface area contributed by atoms with Crippen molar-refractivity contribution in [1.29, 1.82) is 0 Å². The van der Waals surface area contributed by atoms with Crippen LogP contribution >= 0.6 is 12.2 Å². The highest BCUT2D eigenvalue weighted by Crippen LogP contribution is 2.19. The number of hydrogen-bond donors (Lipinski definition) is 3. The second-order valence-corrected chi connectivity index (χ2v) is 6.82. The van der Waals surface area contributed by atoms with E-state index in [1.165, 1.54) is 12.1 Å². The number of thiocarbonyl (C=S) groups is 1. The van der Waals surface area contributed by atoms with Gasteiger partial charge in [0.2, 0.25) is 15.9 Å². The zero-order chi connectivity index (χ0) is 15.6. The topological polar surface area (TPSA) is 101 Å². The maximum Gasteiger partial charge on any atom is 0.241 e. The molecule has 0 atom stereocenters. The van der Waals surface area contributed by atoms with E-state index in [9.17, 15) is 17.6 Å². The molecule has 1 amide bonds. The second kappa shape index (κ2) is 6.04. The van der Waals surface area contributed by atoms with Crippen LogP contribution in [0.2, 0.25) is 0 Å². The molecule has 0 spiro atoms. The van der Waals surface area contributed by atoms with Gasteiger partial charge in [0.05, 0.1) is 17.0 Å². The van der Waals surface area contributed by atoms with Crippen molar-refractivity contribution >= 4 is 33.1 Å². The first-order valence-corrected chi connectivity index (χ1v) is 8.08. The Hall–Kier alpha value is -1.58. The molecular weight excluding hydrogens is 317 g/mol. The van der Waals surface area contributed by atoms with Gasteiger partial charge in [-0.15, -0.1) is 0 Å². The van der Waals surface area contributed by atoms with Crippen LogP contribution < -0.4 is 15.8 Å². The van der Waals surface area contributed by atoms with Crippen LogP contribution in [0.25, 0.3) is 0 Å². The van der Waals surface area contributed by atoms with Gasteiger partial charge >= 0.3 is 0 Å². The van der Waals surface area contributed by atoms with Crippen LogP contribution in [0.3, 0.4) is 0 Å². The SMILES string of the molecule is NC(=S)c1c(F)cccc1S(=O)(=O)NCC(=O)NC1CC1. The molecule has 1 aliphatic carbocycles. The summed E-state index contributed by atoms with van der Waals surface area (Å²) in [4.78, 5) is 10.7. The fourth-order valence-electron chi connectivity index (χ4n) is 1.71. The van der Waals surface area contributed by atoms with Crippen molar-refractivity contribution in [3.63, 3.8) is 0 Å². The summed E-state index contributed by atoms with van der Waals surface area (Å²) in [7, 11) is -4.09. The molecule has 1 aromatic carbocycles. The third-order valence-corrected chi connectivity index (χ3v) is 4.52. The van der Waals surface area contributed by atoms with Crippen LogP contribution in [0.4, 0.5) is 4.39 Å². The van der Waals surface area contributed by atoms with Gasteiger partial charge in [0.25, 0.3) is 0 Å². The Kier molecular flexibility index (Phi) is 4.55. The lowest BCUT2D eigenvalue weighted by atomic mass is 10.2. The molecule has 6 nitrogen and oxygen atoms in total. The molecule has 1 saturated carbocycles. The van der Waals surface area contributed by atoms with Gasteiger partial charge in [-0.2, -0.15) is 0 Å². The Morgan fingerprint density at radius 2 is 2.10 bits per heavy atom. The van der Waals surface area contributed by atoms with Crippen molar-refractivity contribution in [3.05, 3.63) is 29.6 Å². The first kappa shape index (κ1) is 15.8. The van der Waals surface area contributed by atoms with Gasteiger partial charge < -0.3 is 11.1 Å². The number of amides is 1. The largest absolute Gasteiger partial charge is 0.389 e. The average Bonchev–Trinajstić information content (AvgIpc) is 3.19. The third-order valence-electron chi connectivity index (χ3n) is 2.88. The van der Waals surface area contributed by atoms with E-state index in [1.54, 1.807) is 0 Å². The van der Waals surface area contributed by atoms with Gasteiger partial charge in [-0.05, 0) is 25.0 Å². The van der Waals surface area contributed by atoms with Gasteiger partial charge in [-0.1, -0.05) is 18.3 Å². The van der Waals surface area contributed by atoms with Crippen molar-refractivity contribution in [2.75, 3.05) is 6.54 Å². The van der Waals surface area contributed by atoms with Crippen molar-refractivity contribution in [3.8, 4) is 0 Å². The van der Waals surface area contributed by atoms with E-state index in [2.05, 4.69) is 22.3 Å². The molecule has 4 N–H and O–H groups in total. The predicted molar refractivity (Wildman–Crippen MR) is 78.6 cm³/mol. The summed E-state index contributed by atoms with van der Waals surface area (Å²) in [6.07, 6.45) is 1.79. The maximum absolute atomic E-state index is 13.7. The fraction of sp³-hybridized carbons (Fsp3) is 0.333. The number of sulfonamides is 1. The summed E-state index contributed by atoms with van der Waals surface area (Å²) in [5, 5.41) is 2.64. The molecular formula is C12H14FN3O3S2. The van der Waals surface area contributed by atoms with Crippen molar-refractivity contribution in [2.45, 2.75) is 23.8 Å². The molecule has 0 unspecified atom stereocenters. The predicted octanol–water partition coefficient (Wildman–Crippen LogP) is 0.0168. The molecule has 1 aliphatic rings. The first-order valence-electron chi connectivity index (χ1n) is 6.18. The van der Waals surface area contributed by atoms with Crippen LogP contribution in [0.15, 0.2) is 23.1 Å². The second-order valence-electron chi connectivity index (χ2n) is 4.64. The lowest BCUT2D eigenvalue weighted by molar-refractivity contribution is -0.120. The van der Waals surface area contributed by atoms with Gasteiger partial charge in [-0.25, -0.2) is 17.5 Å². The summed E-state index contributed by atoms with van der Waals surface area (Å²) >= 11 is 4.67. The van der Waals surface area contributed by atoms with Gasteiger partial charge in [0.15, 0.2) is 0 Å². The Morgan fingerprint density at radius 3 is 2.67 bits per heavy atom. The summed E-state index contributed by atoms with van der Waals surface area (Å²) in [5.41, 5.74) is 5.00. The minimum atomic E-state index is -4.09. The van der Waals surface area contributed by atoms with E-state index in [4.69, 9.17) is 5.73 Å². The Bertz CT molecular complexity index is 687. The molecule has 21 heavy (non-hydrogen) atoms. The minimum Gasteiger partial charge on any atom is -0.389 e. The normalized spacial score (nSPS) is 14.7. The molecule has 114 valence electrons. The smallest absolute Gasteiger partial charge is 0.241 e. The van der Waals surface area contributed by atoms with Crippen molar-refractivity contribution in [1.82, 2.24) is 10.0 Å². The van der Waals surface area contributed by atoms with E-state index < -0.39 is 28.3 Å². The molecule has 0 aromatic heterocycles. The van der Waals surface area contributed by atoms with Crippen molar-refractivity contribution in [2.24, 2.45) is 5.73 Å². The number of benzene rings is 1. The van der Waals surface area contributed by atoms with Crippen LogP contribution in [-0.2, 0) is 14.8 Å². The number of nitrogens with one attached hydrogen (secondary N) is 2. The molecule has 9 heteroatoms. The molecule has 0 heterocycles. The maximum atomic E-state index is 13.7. The Balaban J connectivity index is 2.17. The highest BCUT2D eigenvalue weighted by atomic mass is 32.2. The van der Waals surface area contributed by atoms with Crippen LogP contribution in [-0.4, -0.2) is 31.9 Å². The molecule has 1 fully saturated rings.